The summed E-state index contributed by atoms with van der Waals surface area (Å²) in [5, 5.41) is 0. The van der Waals surface area contributed by atoms with Gasteiger partial charge in [0, 0.05) is 31.4 Å². The molecule has 0 bridgehead atoms. The molecule has 0 spiro atoms. The predicted molar refractivity (Wildman–Crippen MR) is 61.5 cm³/mol. The molecule has 1 aliphatic carbocycles. The molecule has 1 fully saturated rings. The van der Waals surface area contributed by atoms with E-state index in [4.69, 9.17) is 5.73 Å². The van der Waals surface area contributed by atoms with E-state index in [9.17, 15) is 0 Å². The summed E-state index contributed by atoms with van der Waals surface area (Å²) in [7, 11) is 0. The van der Waals surface area contributed by atoms with Gasteiger partial charge in [0.25, 0.3) is 0 Å². The van der Waals surface area contributed by atoms with Gasteiger partial charge in [0.15, 0.2) is 0 Å². The number of imidazole rings is 1. The van der Waals surface area contributed by atoms with Crippen molar-refractivity contribution in [3.63, 3.8) is 0 Å². The Bertz CT molecular complexity index is 302. The molecule has 15 heavy (non-hydrogen) atoms. The lowest BCUT2D eigenvalue weighted by molar-refractivity contribution is 0.274. The van der Waals surface area contributed by atoms with Gasteiger partial charge in [0.05, 0.1) is 0 Å². The Kier molecular flexibility index (Phi) is 3.41. The van der Waals surface area contributed by atoms with Crippen LogP contribution in [0.1, 0.15) is 38.4 Å². The van der Waals surface area contributed by atoms with Crippen molar-refractivity contribution in [2.45, 2.75) is 51.6 Å². The van der Waals surface area contributed by atoms with Crippen molar-refractivity contribution in [3.8, 4) is 0 Å². The molecule has 3 nitrogen and oxygen atoms in total. The maximum atomic E-state index is 6.15. The summed E-state index contributed by atoms with van der Waals surface area (Å²) in [5.74, 6) is 2.04. The number of hydrogen-bond donors (Lipinski definition) is 1. The van der Waals surface area contributed by atoms with Crippen LogP contribution in [0.15, 0.2) is 12.4 Å². The Balaban J connectivity index is 1.84. The Morgan fingerprint density at radius 1 is 1.60 bits per heavy atom. The van der Waals surface area contributed by atoms with Crippen LogP contribution in [-0.2, 0) is 13.0 Å². The monoisotopic (exact) mass is 207 g/mol. The Labute approximate surface area is 91.7 Å². The summed E-state index contributed by atoms with van der Waals surface area (Å²) < 4.78 is 2.18. The first-order chi connectivity index (χ1) is 7.29. The second-order valence-electron chi connectivity index (χ2n) is 4.63. The fourth-order valence-corrected chi connectivity index (χ4v) is 2.29. The topological polar surface area (TPSA) is 43.8 Å². The molecule has 0 radical (unpaired) electrons. The fraction of sp³-hybridized carbons (Fsp3) is 0.750. The number of rotatable bonds is 5. The second-order valence-corrected chi connectivity index (χ2v) is 4.63. The number of hydrogen-bond acceptors (Lipinski definition) is 2. The lowest BCUT2D eigenvalue weighted by atomic mass is 9.80. The van der Waals surface area contributed by atoms with E-state index in [-0.39, 0.29) is 0 Å². The van der Waals surface area contributed by atoms with E-state index in [1.807, 2.05) is 12.4 Å². The Morgan fingerprint density at radius 2 is 2.40 bits per heavy atom. The Morgan fingerprint density at radius 3 is 3.00 bits per heavy atom. The van der Waals surface area contributed by atoms with Crippen LogP contribution in [0.5, 0.6) is 0 Å². The third-order valence-corrected chi connectivity index (χ3v) is 3.45. The first-order valence-corrected chi connectivity index (χ1v) is 6.05. The molecular weight excluding hydrogens is 186 g/mol. The molecule has 1 aromatic rings. The molecule has 1 saturated carbocycles. The minimum absolute atomic E-state index is 0.294. The SMILES string of the molecule is CCn1ccnc1CC(N)CC1CCC1. The highest BCUT2D eigenvalue weighted by molar-refractivity contribution is 4.95. The van der Waals surface area contributed by atoms with Gasteiger partial charge in [-0.2, -0.15) is 0 Å². The van der Waals surface area contributed by atoms with E-state index >= 15 is 0 Å². The average molecular weight is 207 g/mol. The molecule has 0 aliphatic heterocycles. The van der Waals surface area contributed by atoms with Crippen molar-refractivity contribution >= 4 is 0 Å². The summed E-state index contributed by atoms with van der Waals surface area (Å²) in [6.07, 6.45) is 10.2. The van der Waals surface area contributed by atoms with Gasteiger partial charge in [-0.15, -0.1) is 0 Å². The van der Waals surface area contributed by atoms with E-state index < -0.39 is 0 Å². The van der Waals surface area contributed by atoms with E-state index in [0.717, 1.165) is 24.7 Å². The zero-order chi connectivity index (χ0) is 10.7. The molecule has 1 aromatic heterocycles. The van der Waals surface area contributed by atoms with Crippen molar-refractivity contribution in [2.75, 3.05) is 0 Å². The molecule has 1 atom stereocenters. The normalized spacial score (nSPS) is 18.8. The van der Waals surface area contributed by atoms with Gasteiger partial charge in [0.2, 0.25) is 0 Å². The number of aryl methyl sites for hydroxylation is 1. The van der Waals surface area contributed by atoms with Crippen molar-refractivity contribution in [1.82, 2.24) is 9.55 Å². The molecule has 2 rings (SSSR count). The minimum Gasteiger partial charge on any atom is -0.335 e. The van der Waals surface area contributed by atoms with Crippen LogP contribution in [0.3, 0.4) is 0 Å². The molecule has 84 valence electrons. The highest BCUT2D eigenvalue weighted by Crippen LogP contribution is 2.30. The summed E-state index contributed by atoms with van der Waals surface area (Å²) in [6, 6.07) is 0.294. The average Bonchev–Trinajstić information content (AvgIpc) is 2.59. The molecule has 1 aliphatic rings. The summed E-state index contributed by atoms with van der Waals surface area (Å²) in [5.41, 5.74) is 6.15. The largest absolute Gasteiger partial charge is 0.335 e. The van der Waals surface area contributed by atoms with Gasteiger partial charge in [-0.05, 0) is 19.3 Å². The van der Waals surface area contributed by atoms with Gasteiger partial charge in [-0.1, -0.05) is 19.3 Å². The highest BCUT2D eigenvalue weighted by atomic mass is 15.1. The standard InChI is InChI=1S/C12H21N3/c1-2-15-7-6-14-12(15)9-11(13)8-10-4-3-5-10/h6-7,10-11H,2-5,8-9,13H2,1H3. The smallest absolute Gasteiger partial charge is 0.110 e. The third-order valence-electron chi connectivity index (χ3n) is 3.45. The zero-order valence-electron chi connectivity index (χ0n) is 9.52. The van der Waals surface area contributed by atoms with Crippen LogP contribution >= 0.6 is 0 Å². The van der Waals surface area contributed by atoms with Gasteiger partial charge in [-0.3, -0.25) is 0 Å². The van der Waals surface area contributed by atoms with Gasteiger partial charge in [0.1, 0.15) is 5.82 Å². The van der Waals surface area contributed by atoms with E-state index in [1.165, 1.54) is 25.7 Å². The quantitative estimate of drug-likeness (QED) is 0.802. The molecule has 3 heteroatoms. The molecule has 2 N–H and O–H groups in total. The molecular formula is C12H21N3. The van der Waals surface area contributed by atoms with E-state index in [2.05, 4.69) is 16.5 Å². The van der Waals surface area contributed by atoms with Crippen LogP contribution in [0, 0.1) is 5.92 Å². The van der Waals surface area contributed by atoms with Gasteiger partial charge < -0.3 is 10.3 Å². The van der Waals surface area contributed by atoms with Gasteiger partial charge >= 0.3 is 0 Å². The minimum atomic E-state index is 0.294. The number of nitrogens with zero attached hydrogens (tertiary/aromatic N) is 2. The Hall–Kier alpha value is -0.830. The summed E-state index contributed by atoms with van der Waals surface area (Å²) in [6.45, 7) is 3.13. The molecule has 0 saturated heterocycles. The summed E-state index contributed by atoms with van der Waals surface area (Å²) >= 11 is 0. The molecule has 0 amide bonds. The maximum absolute atomic E-state index is 6.15. The van der Waals surface area contributed by atoms with Crippen LogP contribution in [0.4, 0.5) is 0 Å². The molecule has 1 heterocycles. The fourth-order valence-electron chi connectivity index (χ4n) is 2.29. The molecule has 0 aromatic carbocycles. The first kappa shape index (κ1) is 10.7. The highest BCUT2D eigenvalue weighted by Gasteiger charge is 2.20. The lowest BCUT2D eigenvalue weighted by Crippen LogP contribution is -2.29. The maximum Gasteiger partial charge on any atom is 0.110 e. The van der Waals surface area contributed by atoms with Crippen molar-refractivity contribution in [1.29, 1.82) is 0 Å². The van der Waals surface area contributed by atoms with E-state index in [1.54, 1.807) is 0 Å². The second kappa shape index (κ2) is 4.79. The predicted octanol–water partition coefficient (Wildman–Crippen LogP) is 1.96. The zero-order valence-corrected chi connectivity index (χ0v) is 9.52. The van der Waals surface area contributed by atoms with Crippen LogP contribution < -0.4 is 5.73 Å². The lowest BCUT2D eigenvalue weighted by Gasteiger charge is -2.27. The first-order valence-electron chi connectivity index (χ1n) is 6.05. The van der Waals surface area contributed by atoms with Crippen molar-refractivity contribution in [2.24, 2.45) is 11.7 Å². The van der Waals surface area contributed by atoms with Crippen LogP contribution in [0.25, 0.3) is 0 Å². The van der Waals surface area contributed by atoms with Crippen LogP contribution in [-0.4, -0.2) is 15.6 Å². The van der Waals surface area contributed by atoms with E-state index in [0.29, 0.717) is 6.04 Å². The molecule has 1 unspecified atom stereocenters. The van der Waals surface area contributed by atoms with Gasteiger partial charge in [-0.25, -0.2) is 4.98 Å². The number of nitrogens with two attached hydrogens (primary N) is 1. The third kappa shape index (κ3) is 2.59. The summed E-state index contributed by atoms with van der Waals surface area (Å²) in [4.78, 5) is 4.36. The van der Waals surface area contributed by atoms with Crippen LogP contribution in [0.2, 0.25) is 0 Å². The van der Waals surface area contributed by atoms with Crippen molar-refractivity contribution in [3.05, 3.63) is 18.2 Å². The number of aromatic nitrogens is 2. The van der Waals surface area contributed by atoms with Crippen molar-refractivity contribution < 1.29 is 0 Å².